The lowest BCUT2D eigenvalue weighted by Gasteiger charge is -2.12. The van der Waals surface area contributed by atoms with Gasteiger partial charge in [-0.3, -0.25) is 0 Å². The minimum atomic E-state index is 0.0901. The summed E-state index contributed by atoms with van der Waals surface area (Å²) >= 11 is 1.72. The van der Waals surface area contributed by atoms with Crippen molar-refractivity contribution in [3.8, 4) is 11.8 Å². The molecule has 0 saturated carbocycles. The van der Waals surface area contributed by atoms with Crippen molar-refractivity contribution in [3.63, 3.8) is 0 Å². The number of hydrogen-bond donors (Lipinski definition) is 1. The normalized spacial score (nSPS) is 11.8. The van der Waals surface area contributed by atoms with Crippen LogP contribution in [-0.4, -0.2) is 6.61 Å². The third kappa shape index (κ3) is 4.09. The van der Waals surface area contributed by atoms with E-state index in [9.17, 15) is 0 Å². The Bertz CT molecular complexity index is 528. The van der Waals surface area contributed by atoms with Crippen molar-refractivity contribution >= 4 is 11.3 Å². The van der Waals surface area contributed by atoms with Crippen LogP contribution in [0.3, 0.4) is 0 Å². The zero-order valence-electron chi connectivity index (χ0n) is 10.8. The number of rotatable bonds is 6. The summed E-state index contributed by atoms with van der Waals surface area (Å²) in [6.45, 7) is 3.06. The molecule has 98 valence electrons. The molecule has 1 N–H and O–H groups in total. The largest absolute Gasteiger partial charge is 0.479 e. The predicted molar refractivity (Wildman–Crippen MR) is 77.1 cm³/mol. The Morgan fingerprint density at radius 2 is 2.11 bits per heavy atom. The Morgan fingerprint density at radius 3 is 2.74 bits per heavy atom. The van der Waals surface area contributed by atoms with Gasteiger partial charge in [0.05, 0.1) is 0 Å². The smallest absolute Gasteiger partial charge is 0.174 e. The van der Waals surface area contributed by atoms with Crippen molar-refractivity contribution in [1.29, 1.82) is 5.26 Å². The molecule has 1 heterocycles. The van der Waals surface area contributed by atoms with E-state index in [1.807, 2.05) is 30.3 Å². The van der Waals surface area contributed by atoms with Crippen LogP contribution in [0.25, 0.3) is 0 Å². The van der Waals surface area contributed by atoms with Crippen molar-refractivity contribution in [2.75, 3.05) is 6.61 Å². The molecule has 0 aliphatic rings. The molecule has 2 rings (SSSR count). The highest BCUT2D eigenvalue weighted by Crippen LogP contribution is 2.17. The number of nitrogens with zero attached hydrogens (tertiary/aromatic N) is 1. The maximum Gasteiger partial charge on any atom is 0.174 e. The van der Waals surface area contributed by atoms with E-state index in [0.29, 0.717) is 6.04 Å². The maximum atomic E-state index is 8.43. The van der Waals surface area contributed by atoms with E-state index in [1.54, 1.807) is 11.3 Å². The van der Waals surface area contributed by atoms with Crippen molar-refractivity contribution < 1.29 is 4.74 Å². The van der Waals surface area contributed by atoms with Crippen LogP contribution in [0, 0.1) is 11.3 Å². The number of nitrogens with one attached hydrogen (secondary N) is 1. The van der Waals surface area contributed by atoms with Crippen LogP contribution >= 0.6 is 11.3 Å². The Kier molecular flexibility index (Phi) is 4.96. The molecule has 1 atom stereocenters. The van der Waals surface area contributed by atoms with Crippen LogP contribution in [0.5, 0.6) is 5.75 Å². The topological polar surface area (TPSA) is 45.0 Å². The van der Waals surface area contributed by atoms with E-state index in [-0.39, 0.29) is 6.61 Å². The zero-order valence-corrected chi connectivity index (χ0v) is 11.6. The van der Waals surface area contributed by atoms with Gasteiger partial charge in [-0.15, -0.1) is 0 Å². The third-order valence-corrected chi connectivity index (χ3v) is 3.58. The van der Waals surface area contributed by atoms with Gasteiger partial charge >= 0.3 is 0 Å². The van der Waals surface area contributed by atoms with E-state index >= 15 is 0 Å². The third-order valence-electron chi connectivity index (χ3n) is 2.88. The predicted octanol–water partition coefficient (Wildman–Crippen LogP) is 3.50. The highest BCUT2D eigenvalue weighted by Gasteiger charge is 2.04. The summed E-state index contributed by atoms with van der Waals surface area (Å²) in [4.78, 5) is 0. The summed E-state index contributed by atoms with van der Waals surface area (Å²) in [7, 11) is 0. The maximum absolute atomic E-state index is 8.43. The molecule has 0 aliphatic carbocycles. The molecular weight excluding hydrogens is 256 g/mol. The number of thiophene rings is 1. The van der Waals surface area contributed by atoms with Crippen LogP contribution in [-0.2, 0) is 6.54 Å². The monoisotopic (exact) mass is 272 g/mol. The summed E-state index contributed by atoms with van der Waals surface area (Å²) in [5.74, 6) is 0.733. The average molecular weight is 272 g/mol. The molecule has 2 aromatic rings. The minimum absolute atomic E-state index is 0.0901. The molecule has 19 heavy (non-hydrogen) atoms. The number of benzene rings is 1. The summed E-state index contributed by atoms with van der Waals surface area (Å²) < 4.78 is 5.21. The molecule has 0 fully saturated rings. The molecule has 0 saturated heterocycles. The van der Waals surface area contributed by atoms with Crippen molar-refractivity contribution in [1.82, 2.24) is 5.32 Å². The highest BCUT2D eigenvalue weighted by molar-refractivity contribution is 7.07. The van der Waals surface area contributed by atoms with Gasteiger partial charge in [-0.2, -0.15) is 16.6 Å². The molecular formula is C15H16N2OS. The van der Waals surface area contributed by atoms with Crippen LogP contribution < -0.4 is 10.1 Å². The van der Waals surface area contributed by atoms with Crippen LogP contribution in [0.1, 0.15) is 24.1 Å². The van der Waals surface area contributed by atoms with E-state index in [4.69, 9.17) is 10.00 Å². The van der Waals surface area contributed by atoms with Gasteiger partial charge in [0, 0.05) is 12.6 Å². The fourth-order valence-electron chi connectivity index (χ4n) is 1.73. The van der Waals surface area contributed by atoms with Gasteiger partial charge in [0.2, 0.25) is 0 Å². The van der Waals surface area contributed by atoms with Gasteiger partial charge < -0.3 is 10.1 Å². The number of nitriles is 1. The second-order valence-corrected chi connectivity index (χ2v) is 5.03. The van der Waals surface area contributed by atoms with Crippen molar-refractivity contribution in [2.24, 2.45) is 0 Å². The minimum Gasteiger partial charge on any atom is -0.479 e. The zero-order chi connectivity index (χ0) is 13.5. The first kappa shape index (κ1) is 13.6. The Hall–Kier alpha value is -1.83. The fraction of sp³-hybridized carbons (Fsp3) is 0.267. The molecule has 1 aromatic heterocycles. The fourth-order valence-corrected chi connectivity index (χ4v) is 2.48. The lowest BCUT2D eigenvalue weighted by atomic mass is 10.1. The Labute approximate surface area is 117 Å². The first-order valence-electron chi connectivity index (χ1n) is 6.14. The average Bonchev–Trinajstić information content (AvgIpc) is 2.98. The quantitative estimate of drug-likeness (QED) is 0.875. The summed E-state index contributed by atoms with van der Waals surface area (Å²) in [5, 5.41) is 16.2. The Balaban J connectivity index is 1.85. The molecule has 4 heteroatoms. The van der Waals surface area contributed by atoms with Gasteiger partial charge in [0.25, 0.3) is 0 Å². The molecule has 0 spiro atoms. The Morgan fingerprint density at radius 1 is 1.32 bits per heavy atom. The molecule has 1 unspecified atom stereocenters. The summed E-state index contributed by atoms with van der Waals surface area (Å²) in [6, 6.07) is 12.3. The molecule has 3 nitrogen and oxygen atoms in total. The van der Waals surface area contributed by atoms with Crippen LogP contribution in [0.2, 0.25) is 0 Å². The molecule has 0 amide bonds. The van der Waals surface area contributed by atoms with Gasteiger partial charge in [-0.05, 0) is 47.0 Å². The lowest BCUT2D eigenvalue weighted by Crippen LogP contribution is -2.17. The highest BCUT2D eigenvalue weighted by atomic mass is 32.1. The SMILES string of the molecule is CC(NCc1ccc(OCC#N)cc1)c1ccsc1. The van der Waals surface area contributed by atoms with Gasteiger partial charge in [0.1, 0.15) is 11.8 Å². The van der Waals surface area contributed by atoms with E-state index < -0.39 is 0 Å². The lowest BCUT2D eigenvalue weighted by molar-refractivity contribution is 0.368. The first-order chi connectivity index (χ1) is 9.29. The van der Waals surface area contributed by atoms with Crippen molar-refractivity contribution in [2.45, 2.75) is 19.5 Å². The van der Waals surface area contributed by atoms with Gasteiger partial charge in [0.15, 0.2) is 6.61 Å². The van der Waals surface area contributed by atoms with Gasteiger partial charge in [-0.25, -0.2) is 0 Å². The molecule has 0 radical (unpaired) electrons. The molecule has 0 bridgehead atoms. The van der Waals surface area contributed by atoms with Crippen LogP contribution in [0.15, 0.2) is 41.1 Å². The first-order valence-corrected chi connectivity index (χ1v) is 7.08. The van der Waals surface area contributed by atoms with Crippen molar-refractivity contribution in [3.05, 3.63) is 52.2 Å². The van der Waals surface area contributed by atoms with E-state index in [1.165, 1.54) is 11.1 Å². The molecule has 1 aromatic carbocycles. The number of ether oxygens (including phenoxy) is 1. The second kappa shape index (κ2) is 6.93. The molecule has 0 aliphatic heterocycles. The van der Waals surface area contributed by atoms with E-state index in [0.717, 1.165) is 12.3 Å². The van der Waals surface area contributed by atoms with Gasteiger partial charge in [-0.1, -0.05) is 12.1 Å². The summed E-state index contributed by atoms with van der Waals surface area (Å²) in [6.07, 6.45) is 0. The second-order valence-electron chi connectivity index (χ2n) is 4.25. The standard InChI is InChI=1S/C15H16N2OS/c1-12(14-6-9-19-11-14)17-10-13-2-4-15(5-3-13)18-8-7-16/h2-6,9,11-12,17H,8,10H2,1H3. The van der Waals surface area contributed by atoms with E-state index in [2.05, 4.69) is 29.1 Å². The van der Waals surface area contributed by atoms with Crippen LogP contribution in [0.4, 0.5) is 0 Å². The summed E-state index contributed by atoms with van der Waals surface area (Å²) in [5.41, 5.74) is 2.52. The number of hydrogen-bond acceptors (Lipinski definition) is 4.